The minimum Gasteiger partial charge on any atom is -0.493 e. The number of carbonyl (C=O) groups is 1. The highest BCUT2D eigenvalue weighted by Crippen LogP contribution is 2.35. The molecule has 1 atom stereocenters. The number of allylic oxidation sites excluding steroid dienone is 1. The van der Waals surface area contributed by atoms with Crippen molar-refractivity contribution in [3.8, 4) is 11.5 Å². The average molecular weight is 563 g/mol. The lowest BCUT2D eigenvalue weighted by Gasteiger charge is -2.23. The van der Waals surface area contributed by atoms with Gasteiger partial charge in [0.05, 0.1) is 36.1 Å². The highest BCUT2D eigenvalue weighted by atomic mass is 79.9. The van der Waals surface area contributed by atoms with Crippen LogP contribution in [0.2, 0.25) is 0 Å². The predicted octanol–water partition coefficient (Wildman–Crippen LogP) is 4.03. The van der Waals surface area contributed by atoms with Crippen molar-refractivity contribution in [2.24, 2.45) is 4.99 Å². The predicted molar refractivity (Wildman–Crippen MR) is 137 cm³/mol. The Hall–Kier alpha value is -2.69. The number of nitrogens with zero attached hydrogens (tertiary/aromatic N) is 2. The summed E-state index contributed by atoms with van der Waals surface area (Å²) in [6, 6.07) is 6.87. The lowest BCUT2D eigenvalue weighted by Crippen LogP contribution is -2.39. The Kier molecular flexibility index (Phi) is 7.39. The van der Waals surface area contributed by atoms with Gasteiger partial charge in [-0.25, -0.2) is 9.79 Å². The number of carbonyl (C=O) groups excluding carboxylic acids is 1. The average Bonchev–Trinajstić information content (AvgIpc) is 3.44. The molecule has 34 heavy (non-hydrogen) atoms. The van der Waals surface area contributed by atoms with Crippen molar-refractivity contribution < 1.29 is 19.0 Å². The summed E-state index contributed by atoms with van der Waals surface area (Å²) in [6.07, 6.45) is 1.80. The molecule has 1 aromatic carbocycles. The van der Waals surface area contributed by atoms with Gasteiger partial charge < -0.3 is 14.2 Å². The van der Waals surface area contributed by atoms with E-state index in [1.807, 2.05) is 36.6 Å². The summed E-state index contributed by atoms with van der Waals surface area (Å²) >= 11 is 6.33. The van der Waals surface area contributed by atoms with E-state index in [4.69, 9.17) is 14.2 Å². The van der Waals surface area contributed by atoms with Crippen molar-refractivity contribution in [2.45, 2.75) is 26.8 Å². The molecule has 0 N–H and O–H groups in total. The van der Waals surface area contributed by atoms with Crippen molar-refractivity contribution in [3.05, 3.63) is 75.5 Å². The van der Waals surface area contributed by atoms with Gasteiger partial charge in [-0.1, -0.05) is 33.3 Å². The molecule has 0 bridgehead atoms. The van der Waals surface area contributed by atoms with Gasteiger partial charge in [-0.2, -0.15) is 0 Å². The maximum Gasteiger partial charge on any atom is 0.338 e. The van der Waals surface area contributed by atoms with Crippen LogP contribution in [0.25, 0.3) is 6.08 Å². The molecule has 0 saturated carbocycles. The first-order chi connectivity index (χ1) is 16.4. The minimum absolute atomic E-state index is 0.225. The van der Waals surface area contributed by atoms with E-state index in [0.29, 0.717) is 38.7 Å². The van der Waals surface area contributed by atoms with Crippen molar-refractivity contribution in [1.29, 1.82) is 0 Å². The summed E-state index contributed by atoms with van der Waals surface area (Å²) in [5, 5.41) is 1.92. The summed E-state index contributed by atoms with van der Waals surface area (Å²) < 4.78 is 19.2. The zero-order valence-electron chi connectivity index (χ0n) is 19.1. The fraction of sp³-hybridized carbons (Fsp3) is 0.292. The highest BCUT2D eigenvalue weighted by Gasteiger charge is 2.33. The third kappa shape index (κ3) is 4.49. The van der Waals surface area contributed by atoms with Gasteiger partial charge in [-0.3, -0.25) is 9.36 Å². The van der Waals surface area contributed by atoms with E-state index >= 15 is 0 Å². The number of hydrogen-bond donors (Lipinski definition) is 0. The van der Waals surface area contributed by atoms with E-state index in [2.05, 4.69) is 20.9 Å². The fourth-order valence-corrected chi connectivity index (χ4v) is 6.04. The number of benzene rings is 1. The Labute approximate surface area is 212 Å². The van der Waals surface area contributed by atoms with E-state index < -0.39 is 12.0 Å². The Morgan fingerprint density at radius 1 is 1.26 bits per heavy atom. The number of methoxy groups -OCH3 is 1. The number of esters is 1. The van der Waals surface area contributed by atoms with Gasteiger partial charge in [-0.15, -0.1) is 11.3 Å². The molecule has 1 aliphatic rings. The number of rotatable bonds is 7. The van der Waals surface area contributed by atoms with Crippen molar-refractivity contribution >= 4 is 50.6 Å². The SMILES string of the molecule is CCOC(=O)C1=C(C)N=c2sc(=Cc3cc(OCC)c(OC)cc3Br)c(=O)n2[C@@H]1c1cccs1. The molecule has 4 rings (SSSR count). The Balaban J connectivity index is 1.92. The van der Waals surface area contributed by atoms with Gasteiger partial charge in [0, 0.05) is 9.35 Å². The standard InChI is InChI=1S/C24H23BrN2O5S2/c1-5-31-17-10-14(15(25)12-16(17)30-4)11-19-22(28)27-21(18-8-7-9-33-18)20(23(29)32-6-2)13(3)26-24(27)34-19/h7-12,21H,5-6H2,1-4H3/t21-/m1/s1. The van der Waals surface area contributed by atoms with Crippen molar-refractivity contribution in [1.82, 2.24) is 4.57 Å². The smallest absolute Gasteiger partial charge is 0.338 e. The Morgan fingerprint density at radius 3 is 2.71 bits per heavy atom. The number of hydrogen-bond acceptors (Lipinski definition) is 8. The minimum atomic E-state index is -0.587. The molecule has 0 saturated heterocycles. The van der Waals surface area contributed by atoms with E-state index in [0.717, 1.165) is 14.9 Å². The number of halogens is 1. The first-order valence-electron chi connectivity index (χ1n) is 10.6. The zero-order chi connectivity index (χ0) is 24.4. The summed E-state index contributed by atoms with van der Waals surface area (Å²) in [4.78, 5) is 32.5. The van der Waals surface area contributed by atoms with Crippen LogP contribution in [0.5, 0.6) is 11.5 Å². The maximum absolute atomic E-state index is 13.6. The van der Waals surface area contributed by atoms with Crippen LogP contribution in [0.15, 0.2) is 55.2 Å². The lowest BCUT2D eigenvalue weighted by atomic mass is 10.0. The fourth-order valence-electron chi connectivity index (χ4n) is 3.74. The molecule has 3 heterocycles. The Morgan fingerprint density at radius 2 is 2.06 bits per heavy atom. The number of aromatic nitrogens is 1. The van der Waals surface area contributed by atoms with E-state index in [1.54, 1.807) is 31.6 Å². The molecular weight excluding hydrogens is 540 g/mol. The van der Waals surface area contributed by atoms with E-state index in [9.17, 15) is 9.59 Å². The first kappa shape index (κ1) is 24.4. The van der Waals surface area contributed by atoms with Crippen molar-refractivity contribution in [2.75, 3.05) is 20.3 Å². The van der Waals surface area contributed by atoms with Crippen LogP contribution in [0.1, 0.15) is 37.3 Å². The van der Waals surface area contributed by atoms with Gasteiger partial charge in [0.15, 0.2) is 16.3 Å². The molecule has 0 aliphatic carbocycles. The molecule has 7 nitrogen and oxygen atoms in total. The van der Waals surface area contributed by atoms with Gasteiger partial charge >= 0.3 is 5.97 Å². The molecule has 3 aromatic rings. The van der Waals surface area contributed by atoms with Crippen LogP contribution in [0, 0.1) is 0 Å². The normalized spacial score (nSPS) is 15.7. The third-order valence-electron chi connectivity index (χ3n) is 5.20. The second-order valence-electron chi connectivity index (χ2n) is 7.28. The molecule has 0 radical (unpaired) electrons. The molecule has 10 heteroatoms. The quantitative estimate of drug-likeness (QED) is 0.406. The van der Waals surface area contributed by atoms with Crippen LogP contribution in [0.4, 0.5) is 0 Å². The molecule has 178 valence electrons. The molecule has 0 amide bonds. The second kappa shape index (κ2) is 10.3. The number of thiazole rings is 1. The number of thiophene rings is 1. The van der Waals surface area contributed by atoms with Crippen LogP contribution in [-0.4, -0.2) is 30.9 Å². The van der Waals surface area contributed by atoms with Gasteiger partial charge in [0.2, 0.25) is 0 Å². The topological polar surface area (TPSA) is 79.1 Å². The molecular formula is C24H23BrN2O5S2. The monoisotopic (exact) mass is 562 g/mol. The summed E-state index contributed by atoms with van der Waals surface area (Å²) in [7, 11) is 1.58. The largest absolute Gasteiger partial charge is 0.493 e. The summed E-state index contributed by atoms with van der Waals surface area (Å²) in [5.74, 6) is 0.722. The number of fused-ring (bicyclic) bond motifs is 1. The van der Waals surface area contributed by atoms with Crippen LogP contribution >= 0.6 is 38.6 Å². The Bertz CT molecular complexity index is 1440. The molecule has 0 fully saturated rings. The van der Waals surface area contributed by atoms with E-state index in [1.165, 1.54) is 22.7 Å². The van der Waals surface area contributed by atoms with Crippen LogP contribution < -0.4 is 24.4 Å². The van der Waals surface area contributed by atoms with Crippen LogP contribution in [-0.2, 0) is 9.53 Å². The summed E-state index contributed by atoms with van der Waals surface area (Å²) in [5.41, 5.74) is 1.47. The van der Waals surface area contributed by atoms with Crippen LogP contribution in [0.3, 0.4) is 0 Å². The molecule has 2 aromatic heterocycles. The zero-order valence-corrected chi connectivity index (χ0v) is 22.3. The molecule has 0 spiro atoms. The molecule has 0 unspecified atom stereocenters. The highest BCUT2D eigenvalue weighted by molar-refractivity contribution is 9.10. The van der Waals surface area contributed by atoms with Gasteiger partial charge in [-0.05, 0) is 56.0 Å². The first-order valence-corrected chi connectivity index (χ1v) is 13.1. The molecule has 1 aliphatic heterocycles. The van der Waals surface area contributed by atoms with E-state index in [-0.39, 0.29) is 12.2 Å². The third-order valence-corrected chi connectivity index (χ3v) is 7.79. The second-order valence-corrected chi connectivity index (χ2v) is 10.1. The van der Waals surface area contributed by atoms with Gasteiger partial charge in [0.25, 0.3) is 5.56 Å². The van der Waals surface area contributed by atoms with Gasteiger partial charge in [0.1, 0.15) is 6.04 Å². The number of ether oxygens (including phenoxy) is 3. The van der Waals surface area contributed by atoms with Crippen molar-refractivity contribution in [3.63, 3.8) is 0 Å². The maximum atomic E-state index is 13.6. The summed E-state index contributed by atoms with van der Waals surface area (Å²) in [6.45, 7) is 6.15. The lowest BCUT2D eigenvalue weighted by molar-refractivity contribution is -0.139.